The Hall–Kier alpha value is -0.0400. The van der Waals surface area contributed by atoms with Crippen LogP contribution in [0.4, 0.5) is 0 Å². The fraction of sp³-hybridized carbons (Fsp3) is 1.00. The van der Waals surface area contributed by atoms with Crippen molar-refractivity contribution in [2.45, 2.75) is 112 Å². The van der Waals surface area contributed by atoms with Crippen LogP contribution in [-0.4, -0.2) is 6.04 Å². The molecule has 0 saturated carbocycles. The van der Waals surface area contributed by atoms with Crippen LogP contribution in [0.2, 0.25) is 0 Å². The largest absolute Gasteiger partial charge is 0.328 e. The molecule has 1 heteroatoms. The van der Waals surface area contributed by atoms with Gasteiger partial charge in [-0.2, -0.15) is 0 Å². The molecule has 0 rings (SSSR count). The summed E-state index contributed by atoms with van der Waals surface area (Å²) in [5.41, 5.74) is 6.24. The van der Waals surface area contributed by atoms with E-state index in [4.69, 9.17) is 5.73 Å². The second-order valence-corrected chi connectivity index (χ2v) is 8.13. The van der Waals surface area contributed by atoms with Crippen molar-refractivity contribution in [3.63, 3.8) is 0 Å². The highest BCUT2D eigenvalue weighted by Gasteiger charge is 2.18. The van der Waals surface area contributed by atoms with Crippen LogP contribution in [0, 0.1) is 23.7 Å². The van der Waals surface area contributed by atoms with Gasteiger partial charge < -0.3 is 5.73 Å². The molecule has 134 valence electrons. The van der Waals surface area contributed by atoms with Gasteiger partial charge in [-0.15, -0.1) is 0 Å². The summed E-state index contributed by atoms with van der Waals surface area (Å²) in [4.78, 5) is 0. The SMILES string of the molecule is CCCCCC(C)C(C)CCCC(CC(C)CCC)C(C)N. The number of rotatable bonds is 14. The monoisotopic (exact) mass is 311 g/mol. The molecule has 1 nitrogen and oxygen atoms in total. The van der Waals surface area contributed by atoms with Gasteiger partial charge in [0.25, 0.3) is 0 Å². The Labute approximate surface area is 141 Å². The first-order chi connectivity index (χ1) is 10.4. The van der Waals surface area contributed by atoms with Crippen molar-refractivity contribution in [2.75, 3.05) is 0 Å². The van der Waals surface area contributed by atoms with Gasteiger partial charge in [0.05, 0.1) is 0 Å². The third-order valence-electron chi connectivity index (χ3n) is 5.70. The molecular formula is C21H45N. The molecule has 0 aromatic heterocycles. The third-order valence-corrected chi connectivity index (χ3v) is 5.70. The Morgan fingerprint density at radius 3 is 1.77 bits per heavy atom. The lowest BCUT2D eigenvalue weighted by atomic mass is 9.82. The summed E-state index contributed by atoms with van der Waals surface area (Å²) in [7, 11) is 0. The molecule has 2 N–H and O–H groups in total. The molecule has 0 fully saturated rings. The van der Waals surface area contributed by atoms with Gasteiger partial charge in [-0.25, -0.2) is 0 Å². The molecule has 0 spiro atoms. The van der Waals surface area contributed by atoms with Crippen molar-refractivity contribution in [2.24, 2.45) is 29.4 Å². The van der Waals surface area contributed by atoms with E-state index in [1.165, 1.54) is 64.2 Å². The van der Waals surface area contributed by atoms with E-state index in [-0.39, 0.29) is 0 Å². The average Bonchev–Trinajstić information content (AvgIpc) is 2.46. The van der Waals surface area contributed by atoms with Crippen LogP contribution in [0.5, 0.6) is 0 Å². The van der Waals surface area contributed by atoms with Crippen molar-refractivity contribution >= 4 is 0 Å². The molecule has 0 bridgehead atoms. The summed E-state index contributed by atoms with van der Waals surface area (Å²) in [6.45, 7) is 14.1. The molecule has 0 amide bonds. The first-order valence-corrected chi connectivity index (χ1v) is 10.2. The first kappa shape index (κ1) is 22.0. The Morgan fingerprint density at radius 1 is 0.682 bits per heavy atom. The lowest BCUT2D eigenvalue weighted by Crippen LogP contribution is -2.28. The number of nitrogens with two attached hydrogens (primary N) is 1. The topological polar surface area (TPSA) is 26.0 Å². The second kappa shape index (κ2) is 13.4. The lowest BCUT2D eigenvalue weighted by molar-refractivity contribution is 0.279. The van der Waals surface area contributed by atoms with E-state index in [9.17, 15) is 0 Å². The van der Waals surface area contributed by atoms with Gasteiger partial charge >= 0.3 is 0 Å². The highest BCUT2D eigenvalue weighted by Crippen LogP contribution is 2.27. The average molecular weight is 312 g/mol. The van der Waals surface area contributed by atoms with Crippen molar-refractivity contribution in [1.29, 1.82) is 0 Å². The van der Waals surface area contributed by atoms with E-state index < -0.39 is 0 Å². The molecular weight excluding hydrogens is 266 g/mol. The Bertz CT molecular complexity index is 236. The molecule has 0 aliphatic rings. The maximum absolute atomic E-state index is 6.24. The highest BCUT2D eigenvalue weighted by atomic mass is 14.6. The van der Waals surface area contributed by atoms with Crippen molar-refractivity contribution in [3.8, 4) is 0 Å². The zero-order valence-electron chi connectivity index (χ0n) is 16.5. The summed E-state index contributed by atoms with van der Waals surface area (Å²) >= 11 is 0. The van der Waals surface area contributed by atoms with Crippen molar-refractivity contribution in [3.05, 3.63) is 0 Å². The zero-order chi connectivity index (χ0) is 17.0. The summed E-state index contributed by atoms with van der Waals surface area (Å²) in [6, 6.07) is 0.358. The van der Waals surface area contributed by atoms with E-state index in [1.54, 1.807) is 0 Å². The number of unbranched alkanes of at least 4 members (excludes halogenated alkanes) is 2. The van der Waals surface area contributed by atoms with Gasteiger partial charge in [0, 0.05) is 6.04 Å². The van der Waals surface area contributed by atoms with Gasteiger partial charge in [-0.3, -0.25) is 0 Å². The van der Waals surface area contributed by atoms with Crippen LogP contribution in [0.1, 0.15) is 106 Å². The number of hydrogen-bond donors (Lipinski definition) is 1. The van der Waals surface area contributed by atoms with Gasteiger partial charge in [-0.1, -0.05) is 86.0 Å². The van der Waals surface area contributed by atoms with E-state index in [1.807, 2.05) is 0 Å². The molecule has 5 unspecified atom stereocenters. The predicted molar refractivity (Wildman–Crippen MR) is 102 cm³/mol. The maximum atomic E-state index is 6.24. The standard InChI is InChI=1S/C21H45N/c1-7-9-10-13-18(4)19(5)14-11-15-21(20(6)22)16-17(3)12-8-2/h17-21H,7-16,22H2,1-6H3. The minimum atomic E-state index is 0.358. The smallest absolute Gasteiger partial charge is 0.00388 e. The third kappa shape index (κ3) is 10.6. The van der Waals surface area contributed by atoms with Crippen LogP contribution in [0.15, 0.2) is 0 Å². The fourth-order valence-electron chi connectivity index (χ4n) is 3.71. The van der Waals surface area contributed by atoms with Crippen LogP contribution in [0.3, 0.4) is 0 Å². The van der Waals surface area contributed by atoms with Crippen LogP contribution in [0.25, 0.3) is 0 Å². The second-order valence-electron chi connectivity index (χ2n) is 8.13. The fourth-order valence-corrected chi connectivity index (χ4v) is 3.71. The van der Waals surface area contributed by atoms with Crippen LogP contribution < -0.4 is 5.73 Å². The van der Waals surface area contributed by atoms with E-state index in [0.29, 0.717) is 6.04 Å². The Kier molecular flexibility index (Phi) is 13.4. The molecule has 22 heavy (non-hydrogen) atoms. The molecule has 5 atom stereocenters. The van der Waals surface area contributed by atoms with Gasteiger partial charge in [0.2, 0.25) is 0 Å². The maximum Gasteiger partial charge on any atom is 0.00388 e. The van der Waals surface area contributed by atoms with E-state index in [0.717, 1.165) is 23.7 Å². The first-order valence-electron chi connectivity index (χ1n) is 10.2. The Balaban J connectivity index is 4.00. The zero-order valence-corrected chi connectivity index (χ0v) is 16.5. The van der Waals surface area contributed by atoms with Crippen LogP contribution >= 0.6 is 0 Å². The molecule has 0 aromatic carbocycles. The quantitative estimate of drug-likeness (QED) is 0.351. The van der Waals surface area contributed by atoms with Gasteiger partial charge in [0.1, 0.15) is 0 Å². The summed E-state index contributed by atoms with van der Waals surface area (Å²) in [5, 5.41) is 0. The minimum Gasteiger partial charge on any atom is -0.328 e. The normalized spacial score (nSPS) is 18.7. The summed E-state index contributed by atoms with van der Waals surface area (Å²) in [6.07, 6.45) is 13.6. The van der Waals surface area contributed by atoms with E-state index in [2.05, 4.69) is 41.5 Å². The molecule has 0 aromatic rings. The molecule has 0 aliphatic carbocycles. The molecule has 0 radical (unpaired) electrons. The van der Waals surface area contributed by atoms with E-state index >= 15 is 0 Å². The van der Waals surface area contributed by atoms with Crippen LogP contribution in [-0.2, 0) is 0 Å². The number of hydrogen-bond acceptors (Lipinski definition) is 1. The van der Waals surface area contributed by atoms with Gasteiger partial charge in [0.15, 0.2) is 0 Å². The van der Waals surface area contributed by atoms with Gasteiger partial charge in [-0.05, 0) is 43.4 Å². The predicted octanol–water partition coefficient (Wildman–Crippen LogP) is 6.80. The summed E-state index contributed by atoms with van der Waals surface area (Å²) in [5.74, 6) is 3.33. The molecule has 0 saturated heterocycles. The van der Waals surface area contributed by atoms with Crippen molar-refractivity contribution < 1.29 is 0 Å². The minimum absolute atomic E-state index is 0.358. The highest BCUT2D eigenvalue weighted by molar-refractivity contribution is 4.73. The molecule has 0 heterocycles. The molecule has 0 aliphatic heterocycles. The summed E-state index contributed by atoms with van der Waals surface area (Å²) < 4.78 is 0. The van der Waals surface area contributed by atoms with Crippen molar-refractivity contribution in [1.82, 2.24) is 0 Å². The Morgan fingerprint density at radius 2 is 1.27 bits per heavy atom. The lowest BCUT2D eigenvalue weighted by Gasteiger charge is -2.26.